The molecule has 0 spiro atoms. The summed E-state index contributed by atoms with van der Waals surface area (Å²) in [5.74, 6) is 1.91. The molecule has 0 radical (unpaired) electrons. The van der Waals surface area contributed by atoms with Gasteiger partial charge in [0.15, 0.2) is 0 Å². The summed E-state index contributed by atoms with van der Waals surface area (Å²) in [5, 5.41) is 0. The highest BCUT2D eigenvalue weighted by molar-refractivity contribution is 5.25. The van der Waals surface area contributed by atoms with E-state index in [4.69, 9.17) is 4.74 Å². The maximum atomic E-state index is 5.86. The lowest BCUT2D eigenvalue weighted by Crippen LogP contribution is -2.03. The third-order valence-electron chi connectivity index (χ3n) is 2.48. The minimum Gasteiger partial charge on any atom is -0.461 e. The second-order valence-electron chi connectivity index (χ2n) is 3.96. The first kappa shape index (κ1) is 14.0. The molecular weight excluding hydrogens is 220 g/mol. The van der Waals surface area contributed by atoms with E-state index in [-0.39, 0.29) is 5.92 Å². The second kappa shape index (κ2) is 8.13. The number of para-hydroxylation sites is 1. The molecular formula is C17H20O. The topological polar surface area (TPSA) is 9.23 Å². The van der Waals surface area contributed by atoms with Crippen LogP contribution < -0.4 is 4.74 Å². The molecule has 1 atom stereocenters. The standard InChI is InChI=1S/C17H20O/c1-4-6-7-11-14-17(15(3)5-2)18-16-12-9-8-10-13-16/h4-5,7-15H,1-2,6H2,3H3/b11-7-,17-14+. The molecule has 0 amide bonds. The van der Waals surface area contributed by atoms with Gasteiger partial charge in [-0.1, -0.05) is 49.4 Å². The van der Waals surface area contributed by atoms with Crippen molar-refractivity contribution in [3.8, 4) is 5.75 Å². The highest BCUT2D eigenvalue weighted by Gasteiger charge is 2.06. The van der Waals surface area contributed by atoms with Crippen LogP contribution in [-0.4, -0.2) is 0 Å². The van der Waals surface area contributed by atoms with Crippen LogP contribution in [-0.2, 0) is 0 Å². The molecule has 0 aliphatic carbocycles. The van der Waals surface area contributed by atoms with E-state index in [0.29, 0.717) is 0 Å². The zero-order valence-corrected chi connectivity index (χ0v) is 10.9. The Kier molecular flexibility index (Phi) is 6.34. The van der Waals surface area contributed by atoms with E-state index in [1.165, 1.54) is 0 Å². The van der Waals surface area contributed by atoms with Gasteiger partial charge in [0.2, 0.25) is 0 Å². The molecule has 0 aromatic heterocycles. The largest absolute Gasteiger partial charge is 0.461 e. The van der Waals surface area contributed by atoms with Gasteiger partial charge in [0, 0.05) is 5.92 Å². The van der Waals surface area contributed by atoms with Gasteiger partial charge in [-0.2, -0.15) is 0 Å². The van der Waals surface area contributed by atoms with E-state index in [1.54, 1.807) is 0 Å². The molecule has 0 N–H and O–H groups in total. The minimum atomic E-state index is 0.179. The summed E-state index contributed by atoms with van der Waals surface area (Å²) < 4.78 is 5.86. The van der Waals surface area contributed by atoms with E-state index < -0.39 is 0 Å². The Bertz CT molecular complexity index is 426. The fourth-order valence-corrected chi connectivity index (χ4v) is 1.36. The number of benzene rings is 1. The van der Waals surface area contributed by atoms with Crippen LogP contribution in [0.2, 0.25) is 0 Å². The van der Waals surface area contributed by atoms with E-state index in [9.17, 15) is 0 Å². The summed E-state index contributed by atoms with van der Waals surface area (Å²) in [7, 11) is 0. The molecule has 1 aromatic rings. The van der Waals surface area contributed by atoms with Crippen LogP contribution in [0.1, 0.15) is 13.3 Å². The smallest absolute Gasteiger partial charge is 0.126 e. The van der Waals surface area contributed by atoms with E-state index >= 15 is 0 Å². The van der Waals surface area contributed by atoms with Crippen molar-refractivity contribution < 1.29 is 4.74 Å². The fourth-order valence-electron chi connectivity index (χ4n) is 1.36. The van der Waals surface area contributed by atoms with Gasteiger partial charge in [-0.3, -0.25) is 0 Å². The first-order valence-corrected chi connectivity index (χ1v) is 6.11. The van der Waals surface area contributed by atoms with E-state index in [2.05, 4.69) is 20.1 Å². The number of allylic oxidation sites excluding steroid dienone is 5. The molecule has 1 unspecified atom stereocenters. The zero-order chi connectivity index (χ0) is 13.2. The monoisotopic (exact) mass is 240 g/mol. The van der Waals surface area contributed by atoms with Crippen molar-refractivity contribution in [2.75, 3.05) is 0 Å². The molecule has 0 saturated heterocycles. The fraction of sp³-hybridized carbons (Fsp3) is 0.176. The Morgan fingerprint density at radius 3 is 2.61 bits per heavy atom. The predicted molar refractivity (Wildman–Crippen MR) is 78.5 cm³/mol. The van der Waals surface area contributed by atoms with Crippen LogP contribution in [0.5, 0.6) is 5.75 Å². The van der Waals surface area contributed by atoms with Crippen molar-refractivity contribution in [3.63, 3.8) is 0 Å². The quantitative estimate of drug-likeness (QED) is 0.374. The Morgan fingerprint density at radius 2 is 2.00 bits per heavy atom. The maximum absolute atomic E-state index is 5.86. The summed E-state index contributed by atoms with van der Waals surface area (Å²) in [6.45, 7) is 9.54. The van der Waals surface area contributed by atoms with Crippen molar-refractivity contribution >= 4 is 0 Å². The summed E-state index contributed by atoms with van der Waals surface area (Å²) >= 11 is 0. The van der Waals surface area contributed by atoms with Crippen LogP contribution in [0.25, 0.3) is 0 Å². The summed E-state index contributed by atoms with van der Waals surface area (Å²) in [5.41, 5.74) is 0. The summed E-state index contributed by atoms with van der Waals surface area (Å²) in [6.07, 6.45) is 10.6. The number of ether oxygens (including phenoxy) is 1. The molecule has 1 nitrogen and oxygen atoms in total. The molecule has 0 aliphatic rings. The van der Waals surface area contributed by atoms with Gasteiger partial charge in [-0.05, 0) is 24.6 Å². The summed E-state index contributed by atoms with van der Waals surface area (Å²) in [6, 6.07) is 9.77. The van der Waals surface area contributed by atoms with Gasteiger partial charge >= 0.3 is 0 Å². The second-order valence-corrected chi connectivity index (χ2v) is 3.96. The van der Waals surface area contributed by atoms with Crippen molar-refractivity contribution in [2.45, 2.75) is 13.3 Å². The zero-order valence-electron chi connectivity index (χ0n) is 10.9. The van der Waals surface area contributed by atoms with Crippen molar-refractivity contribution in [2.24, 2.45) is 5.92 Å². The van der Waals surface area contributed by atoms with Gasteiger partial charge < -0.3 is 4.74 Å². The molecule has 1 rings (SSSR count). The third kappa shape index (κ3) is 4.88. The highest BCUT2D eigenvalue weighted by Crippen LogP contribution is 2.19. The first-order chi connectivity index (χ1) is 8.77. The van der Waals surface area contributed by atoms with Crippen molar-refractivity contribution in [1.82, 2.24) is 0 Å². The third-order valence-corrected chi connectivity index (χ3v) is 2.48. The molecule has 0 fully saturated rings. The van der Waals surface area contributed by atoms with Crippen LogP contribution in [0.15, 0.2) is 79.6 Å². The average Bonchev–Trinajstić information content (AvgIpc) is 2.42. The first-order valence-electron chi connectivity index (χ1n) is 6.11. The number of hydrogen-bond donors (Lipinski definition) is 0. The lowest BCUT2D eigenvalue weighted by atomic mass is 10.1. The van der Waals surface area contributed by atoms with Gasteiger partial charge in [0.1, 0.15) is 11.5 Å². The highest BCUT2D eigenvalue weighted by atomic mass is 16.5. The van der Waals surface area contributed by atoms with Gasteiger partial charge in [-0.25, -0.2) is 0 Å². The minimum absolute atomic E-state index is 0.179. The van der Waals surface area contributed by atoms with Crippen molar-refractivity contribution in [3.05, 3.63) is 79.6 Å². The van der Waals surface area contributed by atoms with Gasteiger partial charge in [0.25, 0.3) is 0 Å². The van der Waals surface area contributed by atoms with E-state index in [0.717, 1.165) is 17.9 Å². The van der Waals surface area contributed by atoms with Crippen LogP contribution >= 0.6 is 0 Å². The SMILES string of the molecule is C=CC/C=C\C=C(\Oc1ccccc1)C(C)C=C. The average molecular weight is 240 g/mol. The lowest BCUT2D eigenvalue weighted by Gasteiger charge is -2.13. The molecule has 0 heterocycles. The summed E-state index contributed by atoms with van der Waals surface area (Å²) in [4.78, 5) is 0. The maximum Gasteiger partial charge on any atom is 0.126 e. The van der Waals surface area contributed by atoms with Crippen molar-refractivity contribution in [1.29, 1.82) is 0 Å². The lowest BCUT2D eigenvalue weighted by molar-refractivity contribution is 0.382. The Balaban J connectivity index is 2.78. The number of hydrogen-bond acceptors (Lipinski definition) is 1. The molecule has 0 bridgehead atoms. The van der Waals surface area contributed by atoms with Crippen LogP contribution in [0.4, 0.5) is 0 Å². The molecule has 18 heavy (non-hydrogen) atoms. The molecule has 1 heteroatoms. The normalized spacial score (nSPS) is 13.3. The molecule has 1 aromatic carbocycles. The molecule has 0 saturated carbocycles. The molecule has 94 valence electrons. The number of rotatable bonds is 7. The van der Waals surface area contributed by atoms with Crippen LogP contribution in [0.3, 0.4) is 0 Å². The molecule has 0 aliphatic heterocycles. The Hall–Kier alpha value is -2.02. The van der Waals surface area contributed by atoms with Gasteiger partial charge in [0.05, 0.1) is 0 Å². The predicted octanol–water partition coefficient (Wildman–Crippen LogP) is 4.90. The Morgan fingerprint density at radius 1 is 1.28 bits per heavy atom. The van der Waals surface area contributed by atoms with E-state index in [1.807, 2.05) is 60.7 Å². The van der Waals surface area contributed by atoms with Crippen LogP contribution in [0, 0.1) is 5.92 Å². The van der Waals surface area contributed by atoms with Gasteiger partial charge in [-0.15, -0.1) is 13.2 Å². The Labute approximate surface area is 110 Å².